The Hall–Kier alpha value is -2.09. The summed E-state index contributed by atoms with van der Waals surface area (Å²) >= 11 is 0. The molecule has 0 aromatic carbocycles. The minimum Gasteiger partial charge on any atom is -0.478 e. The highest BCUT2D eigenvalue weighted by molar-refractivity contribution is 5.88. The summed E-state index contributed by atoms with van der Waals surface area (Å²) in [7, 11) is 1.73. The van der Waals surface area contributed by atoms with Crippen LogP contribution in [0.1, 0.15) is 36.8 Å². The van der Waals surface area contributed by atoms with Crippen molar-refractivity contribution in [2.45, 2.75) is 32.9 Å². The molecule has 8 nitrogen and oxygen atoms in total. The fourth-order valence-electron chi connectivity index (χ4n) is 2.46. The van der Waals surface area contributed by atoms with Gasteiger partial charge >= 0.3 is 12.1 Å². The highest BCUT2D eigenvalue weighted by Gasteiger charge is 2.27. The van der Waals surface area contributed by atoms with E-state index in [-0.39, 0.29) is 11.7 Å². The quantitative estimate of drug-likeness (QED) is 0.898. The third-order valence-corrected chi connectivity index (χ3v) is 3.69. The molecular formula is C15H24N4O4. The first kappa shape index (κ1) is 17.3. The maximum Gasteiger partial charge on any atom is 0.410 e. The van der Waals surface area contributed by atoms with Crippen LogP contribution in [-0.2, 0) is 18.3 Å². The summed E-state index contributed by atoms with van der Waals surface area (Å²) in [5.41, 5.74) is 0.393. The number of carbonyl (C=O) groups excluding carboxylic acids is 1. The van der Waals surface area contributed by atoms with E-state index in [1.807, 2.05) is 20.8 Å². The molecule has 0 saturated carbocycles. The minimum absolute atomic E-state index is 0.224. The lowest BCUT2D eigenvalue weighted by molar-refractivity contribution is 0.0137. The van der Waals surface area contributed by atoms with Gasteiger partial charge in [0.1, 0.15) is 11.2 Å². The molecule has 0 spiro atoms. The highest BCUT2D eigenvalue weighted by Crippen LogP contribution is 2.15. The van der Waals surface area contributed by atoms with Crippen molar-refractivity contribution in [2.24, 2.45) is 7.05 Å². The zero-order valence-corrected chi connectivity index (χ0v) is 14.1. The van der Waals surface area contributed by atoms with Gasteiger partial charge in [-0.1, -0.05) is 0 Å². The molecule has 0 unspecified atom stereocenters. The van der Waals surface area contributed by atoms with Crippen molar-refractivity contribution in [2.75, 3.05) is 26.2 Å². The topological polar surface area (TPSA) is 87.9 Å². The number of piperazine rings is 1. The Kier molecular flexibility index (Phi) is 4.93. The molecule has 1 aliphatic rings. The normalized spacial score (nSPS) is 16.4. The van der Waals surface area contributed by atoms with Crippen LogP contribution in [0.25, 0.3) is 0 Å². The van der Waals surface area contributed by atoms with Gasteiger partial charge in [-0.3, -0.25) is 9.58 Å². The van der Waals surface area contributed by atoms with Crippen molar-refractivity contribution < 1.29 is 19.4 Å². The second kappa shape index (κ2) is 6.57. The largest absolute Gasteiger partial charge is 0.478 e. The molecule has 1 fully saturated rings. The van der Waals surface area contributed by atoms with E-state index in [9.17, 15) is 14.7 Å². The number of carboxylic acids is 1. The second-order valence-corrected chi connectivity index (χ2v) is 6.68. The second-order valence-electron chi connectivity index (χ2n) is 6.68. The first-order valence-electron chi connectivity index (χ1n) is 7.62. The summed E-state index contributed by atoms with van der Waals surface area (Å²) in [6.07, 6.45) is 1.07. The zero-order valence-electron chi connectivity index (χ0n) is 14.1. The molecule has 128 valence electrons. The zero-order chi connectivity index (χ0) is 17.2. The number of aryl methyl sites for hydroxylation is 1. The van der Waals surface area contributed by atoms with Crippen LogP contribution in [0.5, 0.6) is 0 Å². The summed E-state index contributed by atoms with van der Waals surface area (Å²) in [5, 5.41) is 13.2. The molecule has 23 heavy (non-hydrogen) atoms. The third-order valence-electron chi connectivity index (χ3n) is 3.69. The molecule has 1 aromatic heterocycles. The first-order chi connectivity index (χ1) is 10.7. The molecule has 0 bridgehead atoms. The number of nitrogens with zero attached hydrogens (tertiary/aromatic N) is 4. The van der Waals surface area contributed by atoms with E-state index in [4.69, 9.17) is 4.74 Å². The molecule has 0 aliphatic carbocycles. The van der Waals surface area contributed by atoms with Gasteiger partial charge in [0.15, 0.2) is 0 Å². The van der Waals surface area contributed by atoms with Crippen molar-refractivity contribution in [3.63, 3.8) is 0 Å². The Balaban J connectivity index is 1.92. The number of carbonyl (C=O) groups is 2. The maximum atomic E-state index is 12.0. The molecule has 8 heteroatoms. The van der Waals surface area contributed by atoms with Gasteiger partial charge in [-0.25, -0.2) is 9.59 Å². The fourth-order valence-corrected chi connectivity index (χ4v) is 2.46. The van der Waals surface area contributed by atoms with Crippen LogP contribution >= 0.6 is 0 Å². The average molecular weight is 324 g/mol. The number of rotatable bonds is 3. The summed E-state index contributed by atoms with van der Waals surface area (Å²) < 4.78 is 6.95. The van der Waals surface area contributed by atoms with Crippen molar-refractivity contribution in [1.82, 2.24) is 19.6 Å². The number of carboxylic acid groups (broad SMARTS) is 1. The van der Waals surface area contributed by atoms with E-state index in [0.717, 1.165) is 0 Å². The van der Waals surface area contributed by atoms with Gasteiger partial charge in [-0.05, 0) is 20.8 Å². The van der Waals surface area contributed by atoms with Crippen LogP contribution in [0.4, 0.5) is 4.79 Å². The standard InChI is InChI=1S/C15H24N4O4/c1-15(2,3)23-14(22)19-7-5-18(6-8-19)10-12-11(13(20)21)9-16-17(12)4/h9H,5-8,10H2,1-4H3,(H,20,21). The summed E-state index contributed by atoms with van der Waals surface area (Å²) in [6.45, 7) is 8.50. The number of hydrogen-bond donors (Lipinski definition) is 1. The van der Waals surface area contributed by atoms with Crippen LogP contribution < -0.4 is 0 Å². The van der Waals surface area contributed by atoms with Gasteiger partial charge in [0.05, 0.1) is 11.9 Å². The Labute approximate surface area is 135 Å². The van der Waals surface area contributed by atoms with Crippen LogP contribution in [0.2, 0.25) is 0 Å². The van der Waals surface area contributed by atoms with Crippen LogP contribution in [0, 0.1) is 0 Å². The van der Waals surface area contributed by atoms with Crippen LogP contribution in [0.3, 0.4) is 0 Å². The number of ether oxygens (including phenoxy) is 1. The first-order valence-corrected chi connectivity index (χ1v) is 7.62. The Morgan fingerprint density at radius 3 is 2.39 bits per heavy atom. The maximum absolute atomic E-state index is 12.0. The van der Waals surface area contributed by atoms with Crippen molar-refractivity contribution in [3.05, 3.63) is 17.5 Å². The van der Waals surface area contributed by atoms with Crippen LogP contribution in [0.15, 0.2) is 6.20 Å². The molecule has 1 N–H and O–H groups in total. The smallest absolute Gasteiger partial charge is 0.410 e. The van der Waals surface area contributed by atoms with E-state index in [1.54, 1.807) is 16.6 Å². The number of aromatic carboxylic acids is 1. The van der Waals surface area contributed by atoms with E-state index in [2.05, 4.69) is 10.00 Å². The monoisotopic (exact) mass is 324 g/mol. The van der Waals surface area contributed by atoms with Gasteiger partial charge in [-0.15, -0.1) is 0 Å². The predicted octanol–water partition coefficient (Wildman–Crippen LogP) is 1.17. The molecule has 0 radical (unpaired) electrons. The minimum atomic E-state index is -0.972. The van der Waals surface area contributed by atoms with E-state index in [0.29, 0.717) is 38.4 Å². The van der Waals surface area contributed by atoms with Crippen molar-refractivity contribution in [3.8, 4) is 0 Å². The van der Waals surface area contributed by atoms with Crippen LogP contribution in [-0.4, -0.2) is 68.5 Å². The number of amides is 1. The third kappa shape index (κ3) is 4.44. The molecular weight excluding hydrogens is 300 g/mol. The fraction of sp³-hybridized carbons (Fsp3) is 0.667. The molecule has 1 aliphatic heterocycles. The Bertz CT molecular complexity index is 583. The Morgan fingerprint density at radius 2 is 1.87 bits per heavy atom. The molecule has 2 rings (SSSR count). The number of hydrogen-bond acceptors (Lipinski definition) is 5. The number of aromatic nitrogens is 2. The summed E-state index contributed by atoms with van der Waals surface area (Å²) in [5.74, 6) is -0.972. The lowest BCUT2D eigenvalue weighted by Gasteiger charge is -2.35. The van der Waals surface area contributed by atoms with E-state index >= 15 is 0 Å². The van der Waals surface area contributed by atoms with Gasteiger partial charge in [0, 0.05) is 39.8 Å². The average Bonchev–Trinajstić information content (AvgIpc) is 2.79. The molecule has 2 heterocycles. The van der Waals surface area contributed by atoms with Crippen molar-refractivity contribution in [1.29, 1.82) is 0 Å². The van der Waals surface area contributed by atoms with E-state index in [1.165, 1.54) is 6.20 Å². The SMILES string of the molecule is Cn1ncc(C(=O)O)c1CN1CCN(C(=O)OC(C)(C)C)CC1. The van der Waals surface area contributed by atoms with Gasteiger partial charge in [0.25, 0.3) is 0 Å². The highest BCUT2D eigenvalue weighted by atomic mass is 16.6. The molecule has 1 aromatic rings. The summed E-state index contributed by atoms with van der Waals surface area (Å²) in [4.78, 5) is 27.0. The summed E-state index contributed by atoms with van der Waals surface area (Å²) in [6, 6.07) is 0. The lowest BCUT2D eigenvalue weighted by Crippen LogP contribution is -2.49. The van der Waals surface area contributed by atoms with Gasteiger partial charge < -0.3 is 14.7 Å². The van der Waals surface area contributed by atoms with Crippen molar-refractivity contribution >= 4 is 12.1 Å². The lowest BCUT2D eigenvalue weighted by atomic mass is 10.2. The molecule has 0 atom stereocenters. The molecule has 1 saturated heterocycles. The predicted molar refractivity (Wildman–Crippen MR) is 83.3 cm³/mol. The Morgan fingerprint density at radius 1 is 1.26 bits per heavy atom. The molecule has 1 amide bonds. The van der Waals surface area contributed by atoms with Gasteiger partial charge in [0.2, 0.25) is 0 Å². The van der Waals surface area contributed by atoms with E-state index < -0.39 is 11.6 Å². The van der Waals surface area contributed by atoms with Gasteiger partial charge in [-0.2, -0.15) is 5.10 Å².